The van der Waals surface area contributed by atoms with Crippen LogP contribution in [-0.2, 0) is 0 Å². The van der Waals surface area contributed by atoms with Crippen molar-refractivity contribution in [2.45, 2.75) is 12.8 Å². The molecule has 0 aliphatic carbocycles. The number of unbranched alkanes of at least 4 members (excludes halogenated alkanes) is 1. The van der Waals surface area contributed by atoms with Gasteiger partial charge < -0.3 is 15.4 Å². The summed E-state index contributed by atoms with van der Waals surface area (Å²) in [6.45, 7) is 0.935. The Balaban J connectivity index is 1.41. The lowest BCUT2D eigenvalue weighted by atomic mass is 10.1. The third kappa shape index (κ3) is 6.92. The maximum absolute atomic E-state index is 13.0. The number of nitrogens with one attached hydrogen (secondary N) is 2. The number of hydrogen-bond acceptors (Lipinski definition) is 3. The predicted octanol–water partition coefficient (Wildman–Crippen LogP) is 4.81. The van der Waals surface area contributed by atoms with Crippen LogP contribution in [0.15, 0.2) is 72.8 Å². The Morgan fingerprint density at radius 3 is 2.16 bits per heavy atom. The second-order valence-corrected chi connectivity index (χ2v) is 6.81. The lowest BCUT2D eigenvalue weighted by molar-refractivity contribution is 0.0951. The Morgan fingerprint density at radius 2 is 1.45 bits per heavy atom. The van der Waals surface area contributed by atoms with Crippen LogP contribution in [-0.4, -0.2) is 25.0 Å². The zero-order chi connectivity index (χ0) is 22.1. The van der Waals surface area contributed by atoms with E-state index >= 15 is 0 Å². The topological polar surface area (TPSA) is 67.4 Å². The van der Waals surface area contributed by atoms with Crippen molar-refractivity contribution in [1.82, 2.24) is 5.32 Å². The van der Waals surface area contributed by atoms with E-state index in [9.17, 15) is 18.4 Å². The van der Waals surface area contributed by atoms with Crippen molar-refractivity contribution in [1.29, 1.82) is 0 Å². The fourth-order valence-corrected chi connectivity index (χ4v) is 2.79. The molecule has 0 aliphatic heterocycles. The van der Waals surface area contributed by atoms with Gasteiger partial charge in [-0.2, -0.15) is 0 Å². The third-order valence-electron chi connectivity index (χ3n) is 4.43. The molecule has 2 N–H and O–H groups in total. The maximum Gasteiger partial charge on any atom is 0.255 e. The Kier molecular flexibility index (Phi) is 7.70. The molecule has 0 saturated carbocycles. The first kappa shape index (κ1) is 22.0. The van der Waals surface area contributed by atoms with Crippen molar-refractivity contribution in [3.63, 3.8) is 0 Å². The molecular formula is C24H22F2N2O3. The van der Waals surface area contributed by atoms with Gasteiger partial charge in [-0.1, -0.05) is 6.07 Å². The van der Waals surface area contributed by atoms with E-state index in [1.807, 2.05) is 0 Å². The summed E-state index contributed by atoms with van der Waals surface area (Å²) in [6.07, 6.45) is 1.44. The molecule has 0 saturated heterocycles. The van der Waals surface area contributed by atoms with E-state index in [1.54, 1.807) is 36.4 Å². The van der Waals surface area contributed by atoms with Crippen LogP contribution in [0, 0.1) is 11.6 Å². The summed E-state index contributed by atoms with van der Waals surface area (Å²) in [5.41, 5.74) is 1.20. The number of rotatable bonds is 9. The fourth-order valence-electron chi connectivity index (χ4n) is 2.79. The van der Waals surface area contributed by atoms with Crippen molar-refractivity contribution in [2.24, 2.45) is 0 Å². The minimum absolute atomic E-state index is 0.252. The van der Waals surface area contributed by atoms with Crippen LogP contribution in [0.2, 0.25) is 0 Å². The highest BCUT2D eigenvalue weighted by Crippen LogP contribution is 2.14. The van der Waals surface area contributed by atoms with Crippen molar-refractivity contribution in [3.05, 3.63) is 95.6 Å². The smallest absolute Gasteiger partial charge is 0.255 e. The molecule has 2 amide bonds. The van der Waals surface area contributed by atoms with Crippen molar-refractivity contribution in [3.8, 4) is 5.75 Å². The highest BCUT2D eigenvalue weighted by Gasteiger charge is 2.09. The molecule has 31 heavy (non-hydrogen) atoms. The molecule has 0 aliphatic rings. The molecule has 0 radical (unpaired) electrons. The summed E-state index contributed by atoms with van der Waals surface area (Å²) in [5, 5.41) is 5.52. The third-order valence-corrected chi connectivity index (χ3v) is 4.43. The van der Waals surface area contributed by atoms with Crippen LogP contribution in [0.4, 0.5) is 14.5 Å². The number of amides is 2. The second-order valence-electron chi connectivity index (χ2n) is 6.81. The first-order valence-corrected chi connectivity index (χ1v) is 9.85. The molecule has 5 nitrogen and oxygen atoms in total. The average Bonchev–Trinajstić information content (AvgIpc) is 2.78. The highest BCUT2D eigenvalue weighted by molar-refractivity contribution is 6.05. The molecule has 0 aromatic heterocycles. The molecule has 160 valence electrons. The molecule has 0 spiro atoms. The summed E-state index contributed by atoms with van der Waals surface area (Å²) < 4.78 is 31.3. The molecule has 0 atom stereocenters. The van der Waals surface area contributed by atoms with Gasteiger partial charge >= 0.3 is 0 Å². The zero-order valence-corrected chi connectivity index (χ0v) is 16.7. The Hall–Kier alpha value is -3.74. The molecule has 0 heterocycles. The standard InChI is InChI=1S/C24H22F2N2O3/c25-19-8-6-17(7-9-19)24(30)28-21-5-3-4-18(16-21)23(29)27-14-1-2-15-31-22-12-10-20(26)11-13-22/h3-13,16H,1-2,14-15H2,(H,27,29)(H,28,30). The molecular weight excluding hydrogens is 402 g/mol. The van der Waals surface area contributed by atoms with Crippen LogP contribution < -0.4 is 15.4 Å². The maximum atomic E-state index is 13.0. The van der Waals surface area contributed by atoms with Gasteiger partial charge in [0.1, 0.15) is 17.4 Å². The van der Waals surface area contributed by atoms with E-state index in [0.717, 1.165) is 6.42 Å². The number of halogens is 2. The lowest BCUT2D eigenvalue weighted by Gasteiger charge is -2.09. The van der Waals surface area contributed by atoms with E-state index in [0.29, 0.717) is 42.1 Å². The summed E-state index contributed by atoms with van der Waals surface area (Å²) >= 11 is 0. The van der Waals surface area contributed by atoms with E-state index < -0.39 is 11.7 Å². The normalized spacial score (nSPS) is 10.4. The van der Waals surface area contributed by atoms with Crippen LogP contribution in [0.1, 0.15) is 33.6 Å². The summed E-state index contributed by atoms with van der Waals surface area (Å²) in [6, 6.07) is 17.6. The minimum Gasteiger partial charge on any atom is -0.494 e. The van der Waals surface area contributed by atoms with Crippen LogP contribution in [0.5, 0.6) is 5.75 Å². The van der Waals surface area contributed by atoms with Crippen molar-refractivity contribution in [2.75, 3.05) is 18.5 Å². The van der Waals surface area contributed by atoms with Crippen LogP contribution >= 0.6 is 0 Å². The summed E-state index contributed by atoms with van der Waals surface area (Å²) in [5.74, 6) is -0.771. The van der Waals surface area contributed by atoms with Gasteiger partial charge in [0.15, 0.2) is 0 Å². The van der Waals surface area contributed by atoms with Gasteiger partial charge in [-0.15, -0.1) is 0 Å². The van der Waals surface area contributed by atoms with Gasteiger partial charge in [-0.05, 0) is 79.6 Å². The van der Waals surface area contributed by atoms with Gasteiger partial charge in [-0.3, -0.25) is 9.59 Å². The first-order valence-electron chi connectivity index (χ1n) is 9.85. The number of benzene rings is 3. The Morgan fingerprint density at radius 1 is 0.774 bits per heavy atom. The van der Waals surface area contributed by atoms with Crippen molar-refractivity contribution < 1.29 is 23.1 Å². The summed E-state index contributed by atoms with van der Waals surface area (Å²) in [7, 11) is 0. The SMILES string of the molecule is O=C(NCCCCOc1ccc(F)cc1)c1cccc(NC(=O)c2ccc(F)cc2)c1. The fraction of sp³-hybridized carbons (Fsp3) is 0.167. The zero-order valence-electron chi connectivity index (χ0n) is 16.7. The predicted molar refractivity (Wildman–Crippen MR) is 114 cm³/mol. The van der Waals surface area contributed by atoms with Crippen LogP contribution in [0.25, 0.3) is 0 Å². The van der Waals surface area contributed by atoms with E-state index in [2.05, 4.69) is 10.6 Å². The van der Waals surface area contributed by atoms with Gasteiger partial charge in [0.2, 0.25) is 0 Å². The molecule has 3 aromatic rings. The molecule has 3 rings (SSSR count). The average molecular weight is 424 g/mol. The van der Waals surface area contributed by atoms with E-state index in [1.165, 1.54) is 36.4 Å². The second kappa shape index (κ2) is 10.9. The Bertz CT molecular complexity index is 1020. The van der Waals surface area contributed by atoms with Gasteiger partial charge in [0.25, 0.3) is 11.8 Å². The number of hydrogen-bond donors (Lipinski definition) is 2. The lowest BCUT2D eigenvalue weighted by Crippen LogP contribution is -2.25. The van der Waals surface area contributed by atoms with E-state index in [-0.39, 0.29) is 11.7 Å². The van der Waals surface area contributed by atoms with Crippen LogP contribution in [0.3, 0.4) is 0 Å². The number of carbonyl (C=O) groups excluding carboxylic acids is 2. The number of ether oxygens (including phenoxy) is 1. The van der Waals surface area contributed by atoms with Crippen molar-refractivity contribution >= 4 is 17.5 Å². The van der Waals surface area contributed by atoms with E-state index in [4.69, 9.17) is 4.74 Å². The molecule has 0 bridgehead atoms. The molecule has 0 fully saturated rings. The number of anilines is 1. The number of carbonyl (C=O) groups is 2. The van der Waals surface area contributed by atoms with Gasteiger partial charge in [-0.25, -0.2) is 8.78 Å². The molecule has 7 heteroatoms. The van der Waals surface area contributed by atoms with Gasteiger partial charge in [0.05, 0.1) is 6.61 Å². The monoisotopic (exact) mass is 424 g/mol. The molecule has 3 aromatic carbocycles. The quantitative estimate of drug-likeness (QED) is 0.485. The van der Waals surface area contributed by atoms with Gasteiger partial charge in [0, 0.05) is 23.4 Å². The minimum atomic E-state index is -0.419. The first-order chi connectivity index (χ1) is 15.0. The largest absolute Gasteiger partial charge is 0.494 e. The highest BCUT2D eigenvalue weighted by atomic mass is 19.1. The Labute approximate surface area is 179 Å². The molecule has 0 unspecified atom stereocenters. The summed E-state index contributed by atoms with van der Waals surface area (Å²) in [4.78, 5) is 24.6.